The average molecular weight is 222 g/mol. The lowest BCUT2D eigenvalue weighted by atomic mass is 9.86. The number of para-hydroxylation sites is 1. The number of hydrogen-bond acceptors (Lipinski definition) is 3. The molecule has 3 heteroatoms. The van der Waals surface area contributed by atoms with E-state index >= 15 is 0 Å². The van der Waals surface area contributed by atoms with Crippen LogP contribution in [0.25, 0.3) is 0 Å². The zero-order valence-corrected chi connectivity index (χ0v) is 9.61. The molecule has 1 aliphatic heterocycles. The maximum atomic E-state index is 10.7. The highest BCUT2D eigenvalue weighted by atomic mass is 16.5. The Kier molecular flexibility index (Phi) is 3.46. The molecule has 0 radical (unpaired) electrons. The van der Waals surface area contributed by atoms with Gasteiger partial charge in [-0.25, -0.2) is 0 Å². The second kappa shape index (κ2) is 4.85. The summed E-state index contributed by atoms with van der Waals surface area (Å²) in [5.41, 5.74) is 0.0753. The Hall–Kier alpha value is -1.06. The van der Waals surface area contributed by atoms with Crippen LogP contribution in [-0.4, -0.2) is 25.4 Å². The Morgan fingerprint density at radius 1 is 1.25 bits per heavy atom. The van der Waals surface area contributed by atoms with Crippen molar-refractivity contribution in [1.29, 1.82) is 0 Å². The fraction of sp³-hybridized carbons (Fsp3) is 0.538. The predicted octanol–water partition coefficient (Wildman–Crippen LogP) is 2.08. The van der Waals surface area contributed by atoms with Crippen molar-refractivity contribution < 1.29 is 14.6 Å². The van der Waals surface area contributed by atoms with Gasteiger partial charge in [0.25, 0.3) is 0 Å². The molecule has 16 heavy (non-hydrogen) atoms. The lowest BCUT2D eigenvalue weighted by Crippen LogP contribution is -2.26. The molecule has 3 nitrogen and oxygen atoms in total. The van der Waals surface area contributed by atoms with Crippen LogP contribution in [0.1, 0.15) is 24.8 Å². The quantitative estimate of drug-likeness (QED) is 0.832. The van der Waals surface area contributed by atoms with Crippen LogP contribution in [0.3, 0.4) is 0 Å². The van der Waals surface area contributed by atoms with E-state index in [0.717, 1.165) is 30.8 Å². The van der Waals surface area contributed by atoms with Crippen LogP contribution >= 0.6 is 0 Å². The molecule has 1 fully saturated rings. The van der Waals surface area contributed by atoms with E-state index in [1.807, 2.05) is 24.3 Å². The Bertz CT molecular complexity index is 341. The molecule has 2 rings (SSSR count). The van der Waals surface area contributed by atoms with E-state index in [9.17, 15) is 5.11 Å². The number of benzene rings is 1. The van der Waals surface area contributed by atoms with Gasteiger partial charge in [-0.3, -0.25) is 0 Å². The molecular formula is C13H18O3. The Morgan fingerprint density at radius 3 is 2.88 bits per heavy atom. The highest BCUT2D eigenvalue weighted by molar-refractivity contribution is 5.38. The first-order valence-electron chi connectivity index (χ1n) is 5.70. The first-order valence-corrected chi connectivity index (χ1v) is 5.70. The van der Waals surface area contributed by atoms with E-state index in [2.05, 4.69) is 0 Å². The minimum Gasteiger partial charge on any atom is -0.496 e. The highest BCUT2D eigenvalue weighted by Gasteiger charge is 2.32. The molecule has 1 aromatic rings. The molecule has 0 bridgehead atoms. The van der Waals surface area contributed by atoms with Crippen molar-refractivity contribution >= 4 is 0 Å². The molecule has 88 valence electrons. The summed E-state index contributed by atoms with van der Waals surface area (Å²) >= 11 is 0. The number of methoxy groups -OCH3 is 1. The minimum atomic E-state index is -0.802. The largest absolute Gasteiger partial charge is 0.496 e. The molecule has 0 saturated carbocycles. The summed E-state index contributed by atoms with van der Waals surface area (Å²) in [6.07, 6.45) is 2.25. The van der Waals surface area contributed by atoms with E-state index in [1.165, 1.54) is 0 Å². The lowest BCUT2D eigenvalue weighted by Gasteiger charge is -2.28. The third-order valence-electron chi connectivity index (χ3n) is 3.15. The van der Waals surface area contributed by atoms with Gasteiger partial charge in [0, 0.05) is 25.2 Å². The van der Waals surface area contributed by atoms with Gasteiger partial charge in [0.15, 0.2) is 0 Å². The molecule has 1 aromatic carbocycles. The fourth-order valence-electron chi connectivity index (χ4n) is 2.23. The fourth-order valence-corrected chi connectivity index (χ4v) is 2.23. The van der Waals surface area contributed by atoms with Gasteiger partial charge < -0.3 is 14.6 Å². The SMILES string of the molecule is COc1ccccc1C1(O)CCCOCC1. The number of hydrogen-bond donors (Lipinski definition) is 1. The van der Waals surface area contributed by atoms with Crippen LogP contribution in [0.4, 0.5) is 0 Å². The third-order valence-corrected chi connectivity index (χ3v) is 3.15. The van der Waals surface area contributed by atoms with Gasteiger partial charge in [0.1, 0.15) is 5.75 Å². The molecule has 1 N–H and O–H groups in total. The van der Waals surface area contributed by atoms with E-state index in [0.29, 0.717) is 13.0 Å². The van der Waals surface area contributed by atoms with Gasteiger partial charge >= 0.3 is 0 Å². The van der Waals surface area contributed by atoms with Crippen LogP contribution in [0.2, 0.25) is 0 Å². The second-order valence-electron chi connectivity index (χ2n) is 4.20. The molecule has 1 unspecified atom stereocenters. The molecule has 0 aromatic heterocycles. The van der Waals surface area contributed by atoms with Gasteiger partial charge in [-0.05, 0) is 18.9 Å². The molecule has 1 atom stereocenters. The minimum absolute atomic E-state index is 0.606. The summed E-state index contributed by atoms with van der Waals surface area (Å²) in [4.78, 5) is 0. The Labute approximate surface area is 96.0 Å². The maximum absolute atomic E-state index is 10.7. The van der Waals surface area contributed by atoms with Crippen molar-refractivity contribution in [2.75, 3.05) is 20.3 Å². The predicted molar refractivity (Wildman–Crippen MR) is 61.6 cm³/mol. The van der Waals surface area contributed by atoms with Crippen LogP contribution in [-0.2, 0) is 10.3 Å². The number of aliphatic hydroxyl groups is 1. The summed E-state index contributed by atoms with van der Waals surface area (Å²) in [6.45, 7) is 1.34. The summed E-state index contributed by atoms with van der Waals surface area (Å²) in [5, 5.41) is 10.7. The van der Waals surface area contributed by atoms with E-state index in [-0.39, 0.29) is 0 Å². The highest BCUT2D eigenvalue weighted by Crippen LogP contribution is 2.37. The second-order valence-corrected chi connectivity index (χ2v) is 4.20. The molecule has 1 heterocycles. The van der Waals surface area contributed by atoms with Gasteiger partial charge in [-0.15, -0.1) is 0 Å². The van der Waals surface area contributed by atoms with E-state index in [4.69, 9.17) is 9.47 Å². The van der Waals surface area contributed by atoms with Gasteiger partial charge in [0.2, 0.25) is 0 Å². The number of rotatable bonds is 2. The van der Waals surface area contributed by atoms with Crippen molar-refractivity contribution in [3.05, 3.63) is 29.8 Å². The van der Waals surface area contributed by atoms with Gasteiger partial charge in [0.05, 0.1) is 12.7 Å². The summed E-state index contributed by atoms with van der Waals surface area (Å²) in [7, 11) is 1.63. The van der Waals surface area contributed by atoms with Crippen LogP contribution in [0.15, 0.2) is 24.3 Å². The lowest BCUT2D eigenvalue weighted by molar-refractivity contribution is 0.0124. The summed E-state index contributed by atoms with van der Waals surface area (Å²) < 4.78 is 10.7. The van der Waals surface area contributed by atoms with E-state index < -0.39 is 5.60 Å². The topological polar surface area (TPSA) is 38.7 Å². The monoisotopic (exact) mass is 222 g/mol. The standard InChI is InChI=1S/C13H18O3/c1-15-12-6-3-2-5-11(12)13(14)7-4-9-16-10-8-13/h2-3,5-6,14H,4,7-10H2,1H3. The normalized spacial score (nSPS) is 26.1. The first kappa shape index (κ1) is 11.4. The zero-order chi connectivity index (χ0) is 11.4. The van der Waals surface area contributed by atoms with E-state index in [1.54, 1.807) is 7.11 Å². The van der Waals surface area contributed by atoms with Crippen molar-refractivity contribution in [2.24, 2.45) is 0 Å². The van der Waals surface area contributed by atoms with Crippen molar-refractivity contribution in [2.45, 2.75) is 24.9 Å². The molecule has 0 spiro atoms. The molecule has 1 aliphatic rings. The smallest absolute Gasteiger partial charge is 0.124 e. The maximum Gasteiger partial charge on any atom is 0.124 e. The van der Waals surface area contributed by atoms with Crippen molar-refractivity contribution in [1.82, 2.24) is 0 Å². The van der Waals surface area contributed by atoms with Gasteiger partial charge in [-0.1, -0.05) is 18.2 Å². The molecule has 0 aliphatic carbocycles. The van der Waals surface area contributed by atoms with Crippen molar-refractivity contribution in [3.8, 4) is 5.75 Å². The average Bonchev–Trinajstić information content (AvgIpc) is 2.55. The van der Waals surface area contributed by atoms with Crippen LogP contribution in [0, 0.1) is 0 Å². The molecular weight excluding hydrogens is 204 g/mol. The van der Waals surface area contributed by atoms with Crippen LogP contribution < -0.4 is 4.74 Å². The summed E-state index contributed by atoms with van der Waals surface area (Å²) in [5.74, 6) is 0.756. The third kappa shape index (κ3) is 2.20. The van der Waals surface area contributed by atoms with Crippen LogP contribution in [0.5, 0.6) is 5.75 Å². The number of ether oxygens (including phenoxy) is 2. The molecule has 0 amide bonds. The summed E-state index contributed by atoms with van der Waals surface area (Å²) in [6, 6.07) is 7.67. The molecule has 1 saturated heterocycles. The van der Waals surface area contributed by atoms with Crippen molar-refractivity contribution in [3.63, 3.8) is 0 Å². The van der Waals surface area contributed by atoms with Gasteiger partial charge in [-0.2, -0.15) is 0 Å². The Balaban J connectivity index is 2.32. The first-order chi connectivity index (χ1) is 7.76. The Morgan fingerprint density at radius 2 is 2.06 bits per heavy atom. The zero-order valence-electron chi connectivity index (χ0n) is 9.61.